The first-order chi connectivity index (χ1) is 13.4. The molecule has 0 aliphatic carbocycles. The van der Waals surface area contributed by atoms with Gasteiger partial charge in [-0.2, -0.15) is 4.72 Å². The number of fused-ring (bicyclic) bond motifs is 1. The van der Waals surface area contributed by atoms with Crippen LogP contribution in [-0.4, -0.2) is 20.5 Å². The maximum Gasteiger partial charge on any atom is 0.262 e. The van der Waals surface area contributed by atoms with Crippen molar-refractivity contribution in [1.82, 2.24) is 4.72 Å². The maximum atomic E-state index is 12.6. The Kier molecular flexibility index (Phi) is 4.62. The van der Waals surface area contributed by atoms with Crippen LogP contribution in [0.15, 0.2) is 77.7 Å². The Labute approximate surface area is 163 Å². The van der Waals surface area contributed by atoms with Gasteiger partial charge in [0, 0.05) is 5.69 Å². The van der Waals surface area contributed by atoms with Crippen molar-refractivity contribution in [2.24, 2.45) is 0 Å². The molecule has 0 saturated carbocycles. The summed E-state index contributed by atoms with van der Waals surface area (Å²) in [6, 6.07) is 22.2. The van der Waals surface area contributed by atoms with Gasteiger partial charge in [0.2, 0.25) is 10.0 Å². The van der Waals surface area contributed by atoms with Gasteiger partial charge in [-0.1, -0.05) is 48.5 Å². The zero-order valence-corrected chi connectivity index (χ0v) is 16.0. The van der Waals surface area contributed by atoms with Crippen LogP contribution in [0.4, 0.5) is 11.4 Å². The average molecular weight is 393 g/mol. The molecule has 0 fully saturated rings. The van der Waals surface area contributed by atoms with Crippen LogP contribution in [0.1, 0.15) is 5.56 Å². The Morgan fingerprint density at radius 2 is 1.61 bits per heavy atom. The van der Waals surface area contributed by atoms with Crippen LogP contribution in [0.3, 0.4) is 0 Å². The summed E-state index contributed by atoms with van der Waals surface area (Å²) in [7, 11) is -3.76. The van der Waals surface area contributed by atoms with E-state index in [4.69, 9.17) is 0 Å². The summed E-state index contributed by atoms with van der Waals surface area (Å²) in [6.07, 6.45) is -1.09. The number of carbonyl (C=O) groups is 1. The molecule has 0 radical (unpaired) electrons. The lowest BCUT2D eigenvalue weighted by Gasteiger charge is -2.27. The van der Waals surface area contributed by atoms with Crippen molar-refractivity contribution in [3.63, 3.8) is 0 Å². The van der Waals surface area contributed by atoms with Gasteiger partial charge in [-0.05, 0) is 47.9 Å². The number of nitrogens with one attached hydrogen (secondary N) is 3. The zero-order valence-electron chi connectivity index (χ0n) is 15.1. The van der Waals surface area contributed by atoms with Gasteiger partial charge in [0.15, 0.2) is 6.17 Å². The summed E-state index contributed by atoms with van der Waals surface area (Å²) in [5.74, 6) is -0.483. The zero-order chi connectivity index (χ0) is 19.7. The maximum absolute atomic E-state index is 12.6. The molecule has 6 nitrogen and oxygen atoms in total. The molecule has 1 atom stereocenters. The van der Waals surface area contributed by atoms with Gasteiger partial charge in [-0.3, -0.25) is 4.79 Å². The largest absolute Gasteiger partial charge is 0.360 e. The van der Waals surface area contributed by atoms with E-state index >= 15 is 0 Å². The lowest BCUT2D eigenvalue weighted by Crippen LogP contribution is -2.51. The topological polar surface area (TPSA) is 87.3 Å². The van der Waals surface area contributed by atoms with Crippen LogP contribution in [0, 0.1) is 6.92 Å². The van der Waals surface area contributed by atoms with E-state index in [1.165, 1.54) is 6.07 Å². The number of aryl methyl sites for hydroxylation is 1. The standard InChI is InChI=1S/C21H19N3O3S/c1-14-7-12-19-18(13-14)23-20(24-28(19,26)27)21(25)22-17-10-8-16(9-11-17)15-5-3-2-4-6-15/h2-13,20,23-24H,1H3,(H,22,25)/t20-/m1/s1. The van der Waals surface area contributed by atoms with Crippen LogP contribution < -0.4 is 15.4 Å². The minimum absolute atomic E-state index is 0.134. The smallest absolute Gasteiger partial charge is 0.262 e. The Morgan fingerprint density at radius 1 is 0.929 bits per heavy atom. The molecular formula is C21H19N3O3S. The number of sulfonamides is 1. The van der Waals surface area contributed by atoms with E-state index in [9.17, 15) is 13.2 Å². The van der Waals surface area contributed by atoms with E-state index < -0.39 is 22.1 Å². The SMILES string of the molecule is Cc1ccc2c(c1)N[C@@H](C(=O)Nc1ccc(-c3ccccc3)cc1)NS2(=O)=O. The molecule has 1 aliphatic heterocycles. The fourth-order valence-electron chi connectivity index (χ4n) is 3.10. The third-order valence-electron chi connectivity index (χ3n) is 4.52. The second-order valence-corrected chi connectivity index (χ2v) is 8.31. The molecule has 0 unspecified atom stereocenters. The van der Waals surface area contributed by atoms with Crippen LogP contribution in [0.2, 0.25) is 0 Å². The molecule has 142 valence electrons. The number of benzene rings is 3. The van der Waals surface area contributed by atoms with Crippen LogP contribution >= 0.6 is 0 Å². The number of hydrogen-bond donors (Lipinski definition) is 3. The average Bonchev–Trinajstić information content (AvgIpc) is 2.68. The Bertz CT molecular complexity index is 1130. The third kappa shape index (κ3) is 3.62. The highest BCUT2D eigenvalue weighted by atomic mass is 32.2. The second kappa shape index (κ2) is 7.10. The summed E-state index contributed by atoms with van der Waals surface area (Å²) in [4.78, 5) is 12.7. The lowest BCUT2D eigenvalue weighted by atomic mass is 10.1. The highest BCUT2D eigenvalue weighted by molar-refractivity contribution is 7.89. The molecule has 3 N–H and O–H groups in total. The highest BCUT2D eigenvalue weighted by Crippen LogP contribution is 2.27. The van der Waals surface area contributed by atoms with Crippen LogP contribution in [0.5, 0.6) is 0 Å². The molecule has 3 aromatic rings. The summed E-state index contributed by atoms with van der Waals surface area (Å²) >= 11 is 0. The van der Waals surface area contributed by atoms with E-state index in [2.05, 4.69) is 15.4 Å². The number of rotatable bonds is 3. The Hall–Kier alpha value is -3.16. The monoisotopic (exact) mass is 393 g/mol. The number of anilines is 2. The number of hydrogen-bond acceptors (Lipinski definition) is 4. The quantitative estimate of drug-likeness (QED) is 0.637. The third-order valence-corrected chi connectivity index (χ3v) is 6.00. The van der Waals surface area contributed by atoms with Gasteiger partial charge in [-0.25, -0.2) is 8.42 Å². The number of amides is 1. The first kappa shape index (κ1) is 18.2. The second-order valence-electron chi connectivity index (χ2n) is 6.63. The molecule has 1 aliphatic rings. The summed E-state index contributed by atoms with van der Waals surface area (Å²) in [5, 5.41) is 5.69. The normalized spacial score (nSPS) is 17.2. The van der Waals surface area contributed by atoms with E-state index in [1.54, 1.807) is 24.3 Å². The Balaban J connectivity index is 1.51. The molecular weight excluding hydrogens is 374 g/mol. The number of carbonyl (C=O) groups excluding carboxylic acids is 1. The summed E-state index contributed by atoms with van der Waals surface area (Å²) < 4.78 is 27.2. The van der Waals surface area contributed by atoms with Gasteiger partial charge in [0.05, 0.1) is 5.69 Å². The molecule has 1 amide bonds. The molecule has 7 heteroatoms. The molecule has 0 aromatic heterocycles. The van der Waals surface area contributed by atoms with Gasteiger partial charge in [0.25, 0.3) is 5.91 Å². The van der Waals surface area contributed by atoms with Crippen molar-refractivity contribution < 1.29 is 13.2 Å². The van der Waals surface area contributed by atoms with Gasteiger partial charge >= 0.3 is 0 Å². The highest BCUT2D eigenvalue weighted by Gasteiger charge is 2.33. The molecule has 4 rings (SSSR count). The van der Waals surface area contributed by atoms with Crippen molar-refractivity contribution in [3.05, 3.63) is 78.4 Å². The van der Waals surface area contributed by atoms with Gasteiger partial charge in [0.1, 0.15) is 4.90 Å². The fourth-order valence-corrected chi connectivity index (χ4v) is 4.36. The molecule has 3 aromatic carbocycles. The van der Waals surface area contributed by atoms with Crippen LogP contribution in [-0.2, 0) is 14.8 Å². The van der Waals surface area contributed by atoms with Crippen molar-refractivity contribution in [3.8, 4) is 11.1 Å². The van der Waals surface area contributed by atoms with Crippen molar-refractivity contribution in [1.29, 1.82) is 0 Å². The van der Waals surface area contributed by atoms with Crippen LogP contribution in [0.25, 0.3) is 11.1 Å². The fraction of sp³-hybridized carbons (Fsp3) is 0.0952. The predicted octanol–water partition coefficient (Wildman–Crippen LogP) is 3.33. The minimum Gasteiger partial charge on any atom is -0.360 e. The molecule has 0 spiro atoms. The van der Waals surface area contributed by atoms with E-state index in [1.807, 2.05) is 49.4 Å². The van der Waals surface area contributed by atoms with Crippen molar-refractivity contribution >= 4 is 27.3 Å². The van der Waals surface area contributed by atoms with Gasteiger partial charge < -0.3 is 10.6 Å². The molecule has 28 heavy (non-hydrogen) atoms. The Morgan fingerprint density at radius 3 is 2.32 bits per heavy atom. The lowest BCUT2D eigenvalue weighted by molar-refractivity contribution is -0.117. The van der Waals surface area contributed by atoms with Crippen molar-refractivity contribution in [2.75, 3.05) is 10.6 Å². The molecule has 0 bridgehead atoms. The summed E-state index contributed by atoms with van der Waals surface area (Å²) in [6.45, 7) is 1.86. The molecule has 1 heterocycles. The van der Waals surface area contributed by atoms with Crippen molar-refractivity contribution in [2.45, 2.75) is 18.0 Å². The van der Waals surface area contributed by atoms with E-state index in [0.29, 0.717) is 11.4 Å². The first-order valence-electron chi connectivity index (χ1n) is 8.78. The van der Waals surface area contributed by atoms with E-state index in [-0.39, 0.29) is 4.90 Å². The molecule has 0 saturated heterocycles. The minimum atomic E-state index is -3.76. The predicted molar refractivity (Wildman–Crippen MR) is 109 cm³/mol. The first-order valence-corrected chi connectivity index (χ1v) is 10.3. The van der Waals surface area contributed by atoms with E-state index in [0.717, 1.165) is 16.7 Å². The van der Waals surface area contributed by atoms with Gasteiger partial charge in [-0.15, -0.1) is 0 Å². The summed E-state index contributed by atoms with van der Waals surface area (Å²) in [5.41, 5.74) is 4.01.